The number of rotatable bonds is 0. The van der Waals surface area contributed by atoms with Crippen molar-refractivity contribution < 1.29 is 19.0 Å². The summed E-state index contributed by atoms with van der Waals surface area (Å²) in [5.41, 5.74) is -0.478. The molecule has 110 valence electrons. The van der Waals surface area contributed by atoms with Crippen LogP contribution in [0.25, 0.3) is 0 Å². The Morgan fingerprint density at radius 1 is 1.37 bits per heavy atom. The molecule has 2 aliphatic rings. The van der Waals surface area contributed by atoms with E-state index >= 15 is 0 Å². The molecule has 0 N–H and O–H groups in total. The Kier molecular flexibility index (Phi) is 3.56. The second-order valence-corrected chi connectivity index (χ2v) is 6.97. The van der Waals surface area contributed by atoms with Gasteiger partial charge in [0.1, 0.15) is 5.60 Å². The van der Waals surface area contributed by atoms with Crippen LogP contribution in [0.1, 0.15) is 41.5 Å². The van der Waals surface area contributed by atoms with Gasteiger partial charge in [0, 0.05) is 12.5 Å². The Balaban J connectivity index is 2.07. The Morgan fingerprint density at radius 2 is 2.00 bits per heavy atom. The van der Waals surface area contributed by atoms with Crippen LogP contribution in [0.5, 0.6) is 0 Å². The van der Waals surface area contributed by atoms with Gasteiger partial charge in [0.05, 0.1) is 18.8 Å². The van der Waals surface area contributed by atoms with E-state index < -0.39 is 11.4 Å². The first-order chi connectivity index (χ1) is 8.59. The van der Waals surface area contributed by atoms with Crippen molar-refractivity contribution in [2.75, 3.05) is 13.2 Å². The lowest BCUT2D eigenvalue weighted by atomic mass is 10.0. The second kappa shape index (κ2) is 4.63. The summed E-state index contributed by atoms with van der Waals surface area (Å²) in [6.45, 7) is 12.7. The number of amides is 1. The van der Waals surface area contributed by atoms with E-state index in [4.69, 9.17) is 14.2 Å². The van der Waals surface area contributed by atoms with E-state index in [0.717, 1.165) is 0 Å². The summed E-state index contributed by atoms with van der Waals surface area (Å²) in [6, 6.07) is -0.0436. The summed E-state index contributed by atoms with van der Waals surface area (Å²) in [7, 11) is 0. The van der Waals surface area contributed by atoms with Crippen molar-refractivity contribution in [3.05, 3.63) is 0 Å². The first kappa shape index (κ1) is 14.6. The fourth-order valence-corrected chi connectivity index (χ4v) is 2.66. The third kappa shape index (κ3) is 3.20. The van der Waals surface area contributed by atoms with Crippen LogP contribution in [-0.2, 0) is 14.2 Å². The maximum atomic E-state index is 12.2. The van der Waals surface area contributed by atoms with E-state index in [1.165, 1.54) is 0 Å². The molecule has 2 fully saturated rings. The largest absolute Gasteiger partial charge is 0.444 e. The van der Waals surface area contributed by atoms with Gasteiger partial charge in [-0.3, -0.25) is 4.90 Å². The molecule has 19 heavy (non-hydrogen) atoms. The zero-order valence-corrected chi connectivity index (χ0v) is 12.7. The van der Waals surface area contributed by atoms with Crippen molar-refractivity contribution in [3.63, 3.8) is 0 Å². The van der Waals surface area contributed by atoms with Crippen LogP contribution < -0.4 is 0 Å². The summed E-state index contributed by atoms with van der Waals surface area (Å²) in [5, 5.41) is 0. The highest BCUT2D eigenvalue weighted by Crippen LogP contribution is 2.35. The fraction of sp³-hybridized carbons (Fsp3) is 0.929. The quantitative estimate of drug-likeness (QED) is 0.679. The molecular weight excluding hydrogens is 246 g/mol. The highest BCUT2D eigenvalue weighted by molar-refractivity contribution is 5.69. The van der Waals surface area contributed by atoms with Gasteiger partial charge in [-0.15, -0.1) is 0 Å². The molecule has 2 saturated heterocycles. The zero-order valence-electron chi connectivity index (χ0n) is 12.7. The highest BCUT2D eigenvalue weighted by Gasteiger charge is 2.49. The molecule has 0 aromatic rings. The van der Waals surface area contributed by atoms with Crippen molar-refractivity contribution in [2.24, 2.45) is 5.92 Å². The molecule has 1 amide bonds. The van der Waals surface area contributed by atoms with Crippen LogP contribution in [0.4, 0.5) is 4.79 Å². The normalized spacial score (nSPS) is 34.0. The lowest BCUT2D eigenvalue weighted by Crippen LogP contribution is -2.53. The molecule has 3 atom stereocenters. The van der Waals surface area contributed by atoms with Crippen molar-refractivity contribution in [2.45, 2.75) is 65.1 Å². The van der Waals surface area contributed by atoms with Crippen molar-refractivity contribution in [1.29, 1.82) is 0 Å². The van der Waals surface area contributed by atoms with E-state index in [1.54, 1.807) is 4.90 Å². The zero-order chi connectivity index (χ0) is 14.4. The molecule has 5 heteroatoms. The predicted octanol–water partition coefficient (Wildman–Crippen LogP) is 2.39. The van der Waals surface area contributed by atoms with Gasteiger partial charge in [-0.05, 0) is 34.6 Å². The van der Waals surface area contributed by atoms with Crippen LogP contribution in [0.3, 0.4) is 0 Å². The first-order valence-electron chi connectivity index (χ1n) is 6.90. The Labute approximate surface area is 115 Å². The molecule has 0 aromatic carbocycles. The number of carbonyl (C=O) groups excluding carboxylic acids is 1. The van der Waals surface area contributed by atoms with Gasteiger partial charge >= 0.3 is 6.09 Å². The van der Waals surface area contributed by atoms with E-state index in [0.29, 0.717) is 19.1 Å². The minimum atomic E-state index is -0.570. The van der Waals surface area contributed by atoms with Gasteiger partial charge in [0.2, 0.25) is 0 Å². The second-order valence-electron chi connectivity index (χ2n) is 6.97. The molecule has 0 spiro atoms. The third-order valence-electron chi connectivity index (χ3n) is 3.47. The Bertz CT molecular complexity index is 361. The van der Waals surface area contributed by atoms with Crippen LogP contribution in [0, 0.1) is 5.92 Å². The van der Waals surface area contributed by atoms with Crippen molar-refractivity contribution >= 4 is 6.09 Å². The molecule has 0 unspecified atom stereocenters. The topological polar surface area (TPSA) is 48.0 Å². The summed E-state index contributed by atoms with van der Waals surface area (Å²) in [4.78, 5) is 14.0. The molecule has 2 heterocycles. The summed E-state index contributed by atoms with van der Waals surface area (Å²) in [5.74, 6) is -0.278. The van der Waals surface area contributed by atoms with Gasteiger partial charge in [-0.25, -0.2) is 4.79 Å². The lowest BCUT2D eigenvalue weighted by molar-refractivity contribution is -0.286. The number of carbonyl (C=O) groups is 1. The number of likely N-dealkylation sites (tertiary alicyclic amines) is 1. The molecule has 0 bridgehead atoms. The Morgan fingerprint density at radius 3 is 2.58 bits per heavy atom. The molecule has 5 nitrogen and oxygen atoms in total. The fourth-order valence-electron chi connectivity index (χ4n) is 2.66. The first-order valence-corrected chi connectivity index (χ1v) is 6.90. The smallest absolute Gasteiger partial charge is 0.410 e. The lowest BCUT2D eigenvalue weighted by Gasteiger charge is -2.41. The summed E-state index contributed by atoms with van der Waals surface area (Å²) < 4.78 is 17.1. The van der Waals surface area contributed by atoms with Crippen LogP contribution >= 0.6 is 0 Å². The molecule has 0 saturated carbocycles. The molecule has 2 aliphatic heterocycles. The highest BCUT2D eigenvalue weighted by atomic mass is 16.7. The molecule has 0 aromatic heterocycles. The maximum Gasteiger partial charge on any atom is 0.410 e. The summed E-state index contributed by atoms with van der Waals surface area (Å²) in [6.07, 6.45) is -0.255. The molecule has 2 rings (SSSR count). The van der Waals surface area contributed by atoms with Gasteiger partial charge < -0.3 is 14.2 Å². The number of hydrogen-bond acceptors (Lipinski definition) is 4. The minimum absolute atomic E-state index is 0.0243. The van der Waals surface area contributed by atoms with E-state index in [-0.39, 0.29) is 18.2 Å². The third-order valence-corrected chi connectivity index (χ3v) is 3.47. The number of hydrogen-bond donors (Lipinski definition) is 0. The maximum absolute atomic E-state index is 12.2. The van der Waals surface area contributed by atoms with E-state index in [2.05, 4.69) is 6.92 Å². The molecule has 0 aliphatic carbocycles. The molecular formula is C14H25NO4. The standard InChI is InChI=1S/C14H25NO4/c1-9-7-15(12(16)19-13(2,3)4)10-8-17-14(5,6)18-11(9)10/h9-11H,7-8H2,1-6H3/t9-,10+,11-/m1/s1. The number of fused-ring (bicyclic) bond motifs is 1. The van der Waals surface area contributed by atoms with Crippen LogP contribution in [0.15, 0.2) is 0 Å². The van der Waals surface area contributed by atoms with E-state index in [1.807, 2.05) is 34.6 Å². The van der Waals surface area contributed by atoms with Gasteiger partial charge in [0.15, 0.2) is 5.79 Å². The summed E-state index contributed by atoms with van der Waals surface area (Å²) >= 11 is 0. The molecule has 0 radical (unpaired) electrons. The van der Waals surface area contributed by atoms with Crippen LogP contribution in [-0.4, -0.2) is 47.7 Å². The van der Waals surface area contributed by atoms with Crippen LogP contribution in [0.2, 0.25) is 0 Å². The monoisotopic (exact) mass is 271 g/mol. The number of ether oxygens (including phenoxy) is 3. The average molecular weight is 271 g/mol. The van der Waals surface area contributed by atoms with Crippen molar-refractivity contribution in [1.82, 2.24) is 4.90 Å². The van der Waals surface area contributed by atoms with E-state index in [9.17, 15) is 4.79 Å². The Hall–Kier alpha value is -0.810. The van der Waals surface area contributed by atoms with Gasteiger partial charge in [-0.1, -0.05) is 6.92 Å². The SMILES string of the molecule is C[C@@H]1CN(C(=O)OC(C)(C)C)[C@H]2COC(C)(C)O[C@H]12. The van der Waals surface area contributed by atoms with Gasteiger partial charge in [0.25, 0.3) is 0 Å². The number of nitrogens with zero attached hydrogens (tertiary/aromatic N) is 1. The predicted molar refractivity (Wildman–Crippen MR) is 70.8 cm³/mol. The average Bonchev–Trinajstić information content (AvgIpc) is 2.52. The van der Waals surface area contributed by atoms with Crippen molar-refractivity contribution in [3.8, 4) is 0 Å². The minimum Gasteiger partial charge on any atom is -0.444 e. The van der Waals surface area contributed by atoms with Gasteiger partial charge in [-0.2, -0.15) is 0 Å².